The molecule has 0 aliphatic rings. The first-order valence-electron chi connectivity index (χ1n) is 4.07. The number of nitrogens with zero attached hydrogens (tertiary/aromatic N) is 1. The number of hydrogen-bond donors (Lipinski definition) is 0. The van der Waals surface area contributed by atoms with Gasteiger partial charge >= 0.3 is 11.9 Å². The van der Waals surface area contributed by atoms with E-state index in [1.54, 1.807) is 6.92 Å². The molecule has 1 aromatic rings. The largest absolute Gasteiger partial charge is 0.451 e. The summed E-state index contributed by atoms with van der Waals surface area (Å²) in [6, 6.07) is 0. The van der Waals surface area contributed by atoms with Crippen LogP contribution in [-0.4, -0.2) is 6.61 Å². The standard InChI is InChI=1S/C8H7F5NO/c1-2-3-15-14-7(12)5(10)4(9)6(11)8(14)13/h2-3H2,1H3/q+1. The van der Waals surface area contributed by atoms with Crippen LogP contribution in [0, 0.1) is 29.3 Å². The Bertz CT molecular complexity index is 353. The Morgan fingerprint density at radius 2 is 1.40 bits per heavy atom. The van der Waals surface area contributed by atoms with Crippen LogP contribution in [0.1, 0.15) is 13.3 Å². The molecule has 7 heteroatoms. The van der Waals surface area contributed by atoms with Crippen molar-refractivity contribution >= 4 is 0 Å². The zero-order valence-electron chi connectivity index (χ0n) is 7.66. The molecule has 0 unspecified atom stereocenters. The SMILES string of the molecule is CCCO[n+]1c(F)c(F)c(F)c(F)c1F. The van der Waals surface area contributed by atoms with Crippen molar-refractivity contribution in [1.29, 1.82) is 0 Å². The highest BCUT2D eigenvalue weighted by molar-refractivity contribution is 4.99. The second-order valence-corrected chi connectivity index (χ2v) is 2.65. The van der Waals surface area contributed by atoms with E-state index in [9.17, 15) is 22.0 Å². The van der Waals surface area contributed by atoms with Crippen molar-refractivity contribution in [2.24, 2.45) is 0 Å². The van der Waals surface area contributed by atoms with Crippen molar-refractivity contribution in [3.8, 4) is 0 Å². The smallest absolute Gasteiger partial charge is 0.266 e. The molecule has 1 rings (SSSR count). The molecule has 0 saturated carbocycles. The second-order valence-electron chi connectivity index (χ2n) is 2.65. The molecule has 84 valence electrons. The topological polar surface area (TPSA) is 13.1 Å². The van der Waals surface area contributed by atoms with E-state index in [0.717, 1.165) is 0 Å². The van der Waals surface area contributed by atoms with E-state index >= 15 is 0 Å². The maximum Gasteiger partial charge on any atom is 0.451 e. The Kier molecular flexibility index (Phi) is 3.43. The van der Waals surface area contributed by atoms with Gasteiger partial charge in [0.2, 0.25) is 5.82 Å². The van der Waals surface area contributed by atoms with Crippen molar-refractivity contribution in [3.63, 3.8) is 0 Å². The van der Waals surface area contributed by atoms with Crippen LogP contribution in [0.4, 0.5) is 22.0 Å². The number of pyridine rings is 1. The second kappa shape index (κ2) is 4.41. The molecule has 0 N–H and O–H groups in total. The fourth-order valence-corrected chi connectivity index (χ4v) is 0.838. The summed E-state index contributed by atoms with van der Waals surface area (Å²) in [6.45, 7) is 1.45. The summed E-state index contributed by atoms with van der Waals surface area (Å²) < 4.78 is 63.0. The average molecular weight is 228 g/mol. The monoisotopic (exact) mass is 228 g/mol. The number of aromatic nitrogens is 1. The van der Waals surface area contributed by atoms with Crippen molar-refractivity contribution < 1.29 is 31.5 Å². The van der Waals surface area contributed by atoms with Gasteiger partial charge in [0, 0.05) is 0 Å². The van der Waals surface area contributed by atoms with Crippen LogP contribution in [0.3, 0.4) is 0 Å². The fourth-order valence-electron chi connectivity index (χ4n) is 0.838. The molecule has 0 saturated heterocycles. The predicted molar refractivity (Wildman–Crippen MR) is 38.2 cm³/mol. The third-order valence-electron chi connectivity index (χ3n) is 1.53. The van der Waals surface area contributed by atoms with Crippen LogP contribution in [-0.2, 0) is 0 Å². The van der Waals surface area contributed by atoms with Crippen LogP contribution >= 0.6 is 0 Å². The first-order chi connectivity index (χ1) is 7.00. The van der Waals surface area contributed by atoms with Crippen LogP contribution in [0.25, 0.3) is 0 Å². The first kappa shape index (κ1) is 11.7. The summed E-state index contributed by atoms with van der Waals surface area (Å²) in [4.78, 5) is 4.35. The quantitative estimate of drug-likeness (QED) is 0.434. The Morgan fingerprint density at radius 1 is 0.933 bits per heavy atom. The van der Waals surface area contributed by atoms with Gasteiger partial charge in [-0.05, 0) is 6.42 Å². The minimum atomic E-state index is -2.21. The van der Waals surface area contributed by atoms with E-state index < -0.39 is 29.3 Å². The zero-order valence-corrected chi connectivity index (χ0v) is 7.66. The Morgan fingerprint density at radius 3 is 1.80 bits per heavy atom. The molecule has 0 radical (unpaired) electrons. The van der Waals surface area contributed by atoms with Gasteiger partial charge in [-0.25, -0.2) is 0 Å². The lowest BCUT2D eigenvalue weighted by Crippen LogP contribution is -2.52. The van der Waals surface area contributed by atoms with E-state index in [0.29, 0.717) is 6.42 Å². The van der Waals surface area contributed by atoms with Gasteiger partial charge in [0.25, 0.3) is 11.6 Å². The molecule has 0 atom stereocenters. The van der Waals surface area contributed by atoms with E-state index in [1.165, 1.54) is 0 Å². The lowest BCUT2D eigenvalue weighted by molar-refractivity contribution is -0.931. The Hall–Kier alpha value is -1.40. The molecule has 1 heterocycles. The van der Waals surface area contributed by atoms with Gasteiger partial charge in [-0.3, -0.25) is 4.84 Å². The van der Waals surface area contributed by atoms with E-state index in [-0.39, 0.29) is 11.3 Å². The van der Waals surface area contributed by atoms with Crippen LogP contribution in [0.5, 0.6) is 0 Å². The molecule has 0 spiro atoms. The molecular weight excluding hydrogens is 221 g/mol. The third kappa shape index (κ3) is 2.00. The summed E-state index contributed by atoms with van der Waals surface area (Å²) >= 11 is 0. The average Bonchev–Trinajstić information content (AvgIpc) is 2.24. The molecule has 15 heavy (non-hydrogen) atoms. The summed E-state index contributed by atoms with van der Waals surface area (Å²) in [5.41, 5.74) is 0. The van der Waals surface area contributed by atoms with Gasteiger partial charge in [-0.1, -0.05) is 6.92 Å². The number of halogens is 5. The highest BCUT2D eigenvalue weighted by Crippen LogP contribution is 2.12. The van der Waals surface area contributed by atoms with Crippen molar-refractivity contribution in [2.75, 3.05) is 6.61 Å². The molecule has 0 aliphatic carbocycles. The van der Waals surface area contributed by atoms with E-state index in [2.05, 4.69) is 4.84 Å². The molecule has 0 fully saturated rings. The van der Waals surface area contributed by atoms with Crippen LogP contribution in [0.2, 0.25) is 0 Å². The first-order valence-corrected chi connectivity index (χ1v) is 4.07. The minimum absolute atomic E-state index is 0.164. The summed E-state index contributed by atoms with van der Waals surface area (Å²) in [6.07, 6.45) is 0.368. The van der Waals surface area contributed by atoms with Crippen molar-refractivity contribution in [2.45, 2.75) is 13.3 Å². The van der Waals surface area contributed by atoms with Gasteiger partial charge in [0.05, 0.1) is 4.73 Å². The highest BCUT2D eigenvalue weighted by Gasteiger charge is 2.35. The van der Waals surface area contributed by atoms with Gasteiger partial charge in [-0.15, -0.1) is 8.78 Å². The minimum Gasteiger partial charge on any atom is -0.266 e. The number of hydrogen-bond acceptors (Lipinski definition) is 1. The normalized spacial score (nSPS) is 10.5. The van der Waals surface area contributed by atoms with Crippen molar-refractivity contribution in [1.82, 2.24) is 0 Å². The zero-order chi connectivity index (χ0) is 11.6. The Labute approximate surface area is 81.9 Å². The molecule has 1 aromatic heterocycles. The maximum atomic E-state index is 12.8. The molecule has 0 aromatic carbocycles. The lowest BCUT2D eigenvalue weighted by Gasteiger charge is -2.00. The van der Waals surface area contributed by atoms with Gasteiger partial charge in [0.15, 0.2) is 6.61 Å². The van der Waals surface area contributed by atoms with E-state index in [1.807, 2.05) is 0 Å². The van der Waals surface area contributed by atoms with Crippen molar-refractivity contribution in [3.05, 3.63) is 29.3 Å². The number of rotatable bonds is 3. The van der Waals surface area contributed by atoms with E-state index in [4.69, 9.17) is 0 Å². The van der Waals surface area contributed by atoms with Crippen LogP contribution in [0.15, 0.2) is 0 Å². The van der Waals surface area contributed by atoms with Gasteiger partial charge in [-0.2, -0.15) is 13.2 Å². The summed E-state index contributed by atoms with van der Waals surface area (Å²) in [7, 11) is 0. The molecule has 0 amide bonds. The fraction of sp³-hybridized carbons (Fsp3) is 0.375. The lowest BCUT2D eigenvalue weighted by atomic mass is 10.4. The highest BCUT2D eigenvalue weighted by atomic mass is 19.2. The summed E-state index contributed by atoms with van der Waals surface area (Å²) in [5.74, 6) is -10.3. The maximum absolute atomic E-state index is 12.8. The third-order valence-corrected chi connectivity index (χ3v) is 1.53. The van der Waals surface area contributed by atoms with Gasteiger partial charge < -0.3 is 0 Å². The van der Waals surface area contributed by atoms with Crippen LogP contribution < -0.4 is 9.57 Å². The predicted octanol–water partition coefficient (Wildman–Crippen LogP) is 1.51. The van der Waals surface area contributed by atoms with Gasteiger partial charge in [0.1, 0.15) is 0 Å². The molecule has 0 aliphatic heterocycles. The Balaban J connectivity index is 3.26. The molecule has 2 nitrogen and oxygen atoms in total. The molecule has 0 bridgehead atoms. The summed E-state index contributed by atoms with van der Waals surface area (Å²) in [5, 5.41) is 0. The molecular formula is C8H7F5NO+.